The Bertz CT molecular complexity index is 542. The third-order valence-electron chi connectivity index (χ3n) is 2.59. The standard InChI is InChI=1S/C12H11F3N4/c13-12(14,15)9-3-1-2-8(6-9)11(19-16)10-7-17-4-5-18-10/h1-7,11,19H,16H2. The summed E-state index contributed by atoms with van der Waals surface area (Å²) in [5.41, 5.74) is 2.54. The van der Waals surface area contributed by atoms with Gasteiger partial charge in [-0.25, -0.2) is 5.43 Å². The van der Waals surface area contributed by atoms with Crippen molar-refractivity contribution in [1.29, 1.82) is 0 Å². The number of hydrazine groups is 1. The molecule has 1 heterocycles. The minimum atomic E-state index is -4.39. The first kappa shape index (κ1) is 13.4. The van der Waals surface area contributed by atoms with Crippen LogP contribution in [0.5, 0.6) is 0 Å². The lowest BCUT2D eigenvalue weighted by atomic mass is 10.0. The zero-order valence-corrected chi connectivity index (χ0v) is 9.72. The molecule has 0 amide bonds. The number of aromatic nitrogens is 2. The molecule has 0 saturated carbocycles. The molecule has 0 aliphatic rings. The molecule has 4 nitrogen and oxygen atoms in total. The Kier molecular flexibility index (Phi) is 3.77. The third kappa shape index (κ3) is 3.07. The number of benzene rings is 1. The van der Waals surface area contributed by atoms with Crippen LogP contribution in [0.3, 0.4) is 0 Å². The minimum absolute atomic E-state index is 0.373. The van der Waals surface area contributed by atoms with Gasteiger partial charge in [-0.1, -0.05) is 12.1 Å². The molecule has 1 aromatic heterocycles. The van der Waals surface area contributed by atoms with Crippen molar-refractivity contribution in [2.24, 2.45) is 5.84 Å². The second-order valence-corrected chi connectivity index (χ2v) is 3.85. The van der Waals surface area contributed by atoms with E-state index in [0.29, 0.717) is 11.3 Å². The number of halogens is 3. The summed E-state index contributed by atoms with van der Waals surface area (Å²) >= 11 is 0. The Labute approximate surface area is 107 Å². The normalized spacial score (nSPS) is 13.3. The molecule has 0 radical (unpaired) electrons. The summed E-state index contributed by atoms with van der Waals surface area (Å²) in [6.07, 6.45) is -0.0151. The van der Waals surface area contributed by atoms with Gasteiger partial charge in [-0.15, -0.1) is 0 Å². The Morgan fingerprint density at radius 3 is 2.58 bits per heavy atom. The summed E-state index contributed by atoms with van der Waals surface area (Å²) in [6, 6.07) is 4.29. The Morgan fingerprint density at radius 1 is 1.21 bits per heavy atom. The van der Waals surface area contributed by atoms with Crippen molar-refractivity contribution in [2.75, 3.05) is 0 Å². The summed E-state index contributed by atoms with van der Waals surface area (Å²) in [5, 5.41) is 0. The Hall–Kier alpha value is -1.99. The quantitative estimate of drug-likeness (QED) is 0.660. The van der Waals surface area contributed by atoms with Crippen LogP contribution in [0.1, 0.15) is 22.9 Å². The van der Waals surface area contributed by atoms with Gasteiger partial charge in [0.2, 0.25) is 0 Å². The van der Waals surface area contributed by atoms with E-state index in [9.17, 15) is 13.2 Å². The summed E-state index contributed by atoms with van der Waals surface area (Å²) < 4.78 is 38.0. The Balaban J connectivity index is 2.40. The second kappa shape index (κ2) is 5.33. The van der Waals surface area contributed by atoms with Crippen molar-refractivity contribution in [3.05, 3.63) is 59.7 Å². The maximum Gasteiger partial charge on any atom is 0.416 e. The van der Waals surface area contributed by atoms with Crippen molar-refractivity contribution in [1.82, 2.24) is 15.4 Å². The van der Waals surface area contributed by atoms with Gasteiger partial charge >= 0.3 is 6.18 Å². The van der Waals surface area contributed by atoms with Crippen LogP contribution in [0.2, 0.25) is 0 Å². The molecule has 0 spiro atoms. The van der Waals surface area contributed by atoms with Crippen LogP contribution in [0.25, 0.3) is 0 Å². The van der Waals surface area contributed by atoms with Crippen LogP contribution in [0.4, 0.5) is 13.2 Å². The Morgan fingerprint density at radius 2 is 2.00 bits per heavy atom. The van der Waals surface area contributed by atoms with Crippen LogP contribution in [0, 0.1) is 0 Å². The van der Waals surface area contributed by atoms with Crippen molar-refractivity contribution in [3.8, 4) is 0 Å². The van der Waals surface area contributed by atoms with E-state index >= 15 is 0 Å². The predicted molar refractivity (Wildman–Crippen MR) is 62.6 cm³/mol. The molecule has 0 aliphatic heterocycles. The summed E-state index contributed by atoms with van der Waals surface area (Å²) in [7, 11) is 0. The molecule has 3 N–H and O–H groups in total. The van der Waals surface area contributed by atoms with Crippen molar-refractivity contribution < 1.29 is 13.2 Å². The monoisotopic (exact) mass is 268 g/mol. The van der Waals surface area contributed by atoms with Crippen molar-refractivity contribution in [2.45, 2.75) is 12.2 Å². The molecule has 0 saturated heterocycles. The number of nitrogens with two attached hydrogens (primary N) is 1. The zero-order chi connectivity index (χ0) is 13.9. The fourth-order valence-electron chi connectivity index (χ4n) is 1.71. The van der Waals surface area contributed by atoms with E-state index in [1.54, 1.807) is 6.07 Å². The highest BCUT2D eigenvalue weighted by Crippen LogP contribution is 2.31. The largest absolute Gasteiger partial charge is 0.416 e. The maximum atomic E-state index is 12.7. The number of nitrogens with zero attached hydrogens (tertiary/aromatic N) is 2. The molecule has 2 aromatic rings. The first-order chi connectivity index (χ1) is 9.02. The molecule has 1 atom stereocenters. The molecule has 1 unspecified atom stereocenters. The number of alkyl halides is 3. The van der Waals surface area contributed by atoms with E-state index < -0.39 is 17.8 Å². The van der Waals surface area contributed by atoms with Crippen molar-refractivity contribution in [3.63, 3.8) is 0 Å². The van der Waals surface area contributed by atoms with Gasteiger partial charge in [-0.2, -0.15) is 13.2 Å². The molecule has 1 aromatic carbocycles. The smallest absolute Gasteiger partial charge is 0.271 e. The van der Waals surface area contributed by atoms with Crippen LogP contribution in [-0.2, 0) is 6.18 Å². The van der Waals surface area contributed by atoms with Gasteiger partial charge in [0.15, 0.2) is 0 Å². The molecule has 19 heavy (non-hydrogen) atoms. The summed E-state index contributed by atoms with van der Waals surface area (Å²) in [4.78, 5) is 7.90. The predicted octanol–water partition coefficient (Wildman–Crippen LogP) is 2.05. The number of rotatable bonds is 3. The highest BCUT2D eigenvalue weighted by atomic mass is 19.4. The molecular formula is C12H11F3N4. The van der Waals surface area contributed by atoms with Gasteiger partial charge in [-0.05, 0) is 17.7 Å². The molecule has 0 aliphatic carbocycles. The van der Waals surface area contributed by atoms with E-state index in [4.69, 9.17) is 5.84 Å². The molecule has 2 rings (SSSR count). The van der Waals surface area contributed by atoms with Gasteiger partial charge in [0.25, 0.3) is 0 Å². The van der Waals surface area contributed by atoms with Crippen LogP contribution >= 0.6 is 0 Å². The average molecular weight is 268 g/mol. The molecule has 0 bridgehead atoms. The van der Waals surface area contributed by atoms with Crippen LogP contribution in [-0.4, -0.2) is 9.97 Å². The van der Waals surface area contributed by atoms with Gasteiger partial charge < -0.3 is 0 Å². The van der Waals surface area contributed by atoms with Crippen molar-refractivity contribution >= 4 is 0 Å². The third-order valence-corrected chi connectivity index (χ3v) is 2.59. The topological polar surface area (TPSA) is 63.8 Å². The number of hydrogen-bond acceptors (Lipinski definition) is 4. The SMILES string of the molecule is NNC(c1cccc(C(F)(F)F)c1)c1cnccn1. The lowest BCUT2D eigenvalue weighted by Crippen LogP contribution is -2.29. The van der Waals surface area contributed by atoms with Crippen LogP contribution in [0.15, 0.2) is 42.9 Å². The fourth-order valence-corrected chi connectivity index (χ4v) is 1.71. The van der Waals surface area contributed by atoms with E-state index in [2.05, 4.69) is 15.4 Å². The number of hydrogen-bond donors (Lipinski definition) is 2. The van der Waals surface area contributed by atoms with E-state index in [1.165, 1.54) is 24.7 Å². The lowest BCUT2D eigenvalue weighted by Gasteiger charge is -2.17. The highest BCUT2D eigenvalue weighted by Gasteiger charge is 2.31. The molecule has 100 valence electrons. The van der Waals surface area contributed by atoms with Crippen LogP contribution < -0.4 is 11.3 Å². The van der Waals surface area contributed by atoms with E-state index in [0.717, 1.165) is 12.1 Å². The summed E-state index contributed by atoms with van der Waals surface area (Å²) in [6.45, 7) is 0. The zero-order valence-electron chi connectivity index (χ0n) is 9.72. The van der Waals surface area contributed by atoms with Gasteiger partial charge in [0.05, 0.1) is 23.5 Å². The fraction of sp³-hybridized carbons (Fsp3) is 0.167. The highest BCUT2D eigenvalue weighted by molar-refractivity contribution is 5.31. The molecule has 0 fully saturated rings. The van der Waals surface area contributed by atoms with E-state index in [1.807, 2.05) is 0 Å². The van der Waals surface area contributed by atoms with Gasteiger partial charge in [0.1, 0.15) is 0 Å². The van der Waals surface area contributed by atoms with E-state index in [-0.39, 0.29) is 0 Å². The average Bonchev–Trinajstić information content (AvgIpc) is 2.40. The lowest BCUT2D eigenvalue weighted by molar-refractivity contribution is -0.137. The molecule has 7 heteroatoms. The maximum absolute atomic E-state index is 12.7. The second-order valence-electron chi connectivity index (χ2n) is 3.85. The number of nitrogens with one attached hydrogen (secondary N) is 1. The molecular weight excluding hydrogens is 257 g/mol. The summed E-state index contributed by atoms with van der Waals surface area (Å²) in [5.74, 6) is 5.40. The first-order valence-corrected chi connectivity index (χ1v) is 5.41. The minimum Gasteiger partial charge on any atom is -0.271 e. The van der Waals surface area contributed by atoms with Gasteiger partial charge in [-0.3, -0.25) is 15.8 Å². The van der Waals surface area contributed by atoms with Gasteiger partial charge in [0, 0.05) is 12.4 Å². The first-order valence-electron chi connectivity index (χ1n) is 5.41.